The molecule has 2 aromatic rings. The van der Waals surface area contributed by atoms with E-state index in [0.717, 1.165) is 47.3 Å². The van der Waals surface area contributed by atoms with E-state index >= 15 is 0 Å². The van der Waals surface area contributed by atoms with Crippen molar-refractivity contribution >= 4 is 27.5 Å². The first-order valence-electron chi connectivity index (χ1n) is 7.96. The van der Waals surface area contributed by atoms with Crippen LogP contribution in [0.5, 0.6) is 0 Å². The number of imidazole rings is 1. The average molecular weight is 381 g/mol. The van der Waals surface area contributed by atoms with Gasteiger partial charge in [-0.1, -0.05) is 0 Å². The number of hydrogen-bond acceptors (Lipinski definition) is 3. The smallest absolute Gasteiger partial charge is 0.404 e. The average Bonchev–Trinajstić information content (AvgIpc) is 2.85. The molecule has 23 heavy (non-hydrogen) atoms. The highest BCUT2D eigenvalue weighted by Gasteiger charge is 2.29. The minimum atomic E-state index is -0.939. The maximum atomic E-state index is 10.8. The van der Waals surface area contributed by atoms with Gasteiger partial charge in [0.05, 0.1) is 5.69 Å². The Morgan fingerprint density at radius 1 is 1.43 bits per heavy atom. The second kappa shape index (κ2) is 6.47. The number of carboxylic acid groups (broad SMARTS) is 1. The molecular formula is C16H21BrN4O2. The second-order valence-electron chi connectivity index (χ2n) is 6.34. The van der Waals surface area contributed by atoms with Gasteiger partial charge in [-0.2, -0.15) is 0 Å². The van der Waals surface area contributed by atoms with Crippen molar-refractivity contribution in [2.24, 2.45) is 5.92 Å². The first-order chi connectivity index (χ1) is 11.0. The topological polar surface area (TPSA) is 79.5 Å². The highest BCUT2D eigenvalue weighted by molar-refractivity contribution is 9.10. The maximum Gasteiger partial charge on any atom is 0.404 e. The number of halogens is 1. The first-order valence-corrected chi connectivity index (χ1v) is 8.75. The Morgan fingerprint density at radius 3 is 2.78 bits per heavy atom. The van der Waals surface area contributed by atoms with E-state index in [1.54, 1.807) is 0 Å². The molecule has 1 aliphatic carbocycles. The lowest BCUT2D eigenvalue weighted by molar-refractivity contribution is 0.179. The summed E-state index contributed by atoms with van der Waals surface area (Å²) in [6.07, 6.45) is 6.93. The molecule has 1 saturated carbocycles. The van der Waals surface area contributed by atoms with Gasteiger partial charge < -0.3 is 10.4 Å². The maximum absolute atomic E-state index is 10.8. The molecule has 7 heteroatoms. The minimum absolute atomic E-state index is 0.00338. The number of rotatable bonds is 3. The molecule has 0 bridgehead atoms. The molecular weight excluding hydrogens is 360 g/mol. The first kappa shape index (κ1) is 16.2. The zero-order valence-electron chi connectivity index (χ0n) is 13.3. The summed E-state index contributed by atoms with van der Waals surface area (Å²) in [5.41, 5.74) is 2.00. The number of carbonyl (C=O) groups is 1. The summed E-state index contributed by atoms with van der Waals surface area (Å²) in [5, 5.41) is 11.4. The second-order valence-corrected chi connectivity index (χ2v) is 7.09. The molecule has 0 spiro atoms. The highest BCUT2D eigenvalue weighted by Crippen LogP contribution is 2.38. The third-order valence-corrected chi connectivity index (χ3v) is 5.47. The largest absolute Gasteiger partial charge is 0.465 e. The van der Waals surface area contributed by atoms with Gasteiger partial charge in [-0.3, -0.25) is 9.38 Å². The van der Waals surface area contributed by atoms with E-state index in [0.29, 0.717) is 11.8 Å². The van der Waals surface area contributed by atoms with Crippen molar-refractivity contribution in [2.45, 2.75) is 51.5 Å². The summed E-state index contributed by atoms with van der Waals surface area (Å²) in [6, 6.07) is 0.00338. The molecule has 0 saturated heterocycles. The molecule has 0 aromatic carbocycles. The molecule has 6 nitrogen and oxygen atoms in total. The fourth-order valence-electron chi connectivity index (χ4n) is 3.65. The lowest BCUT2D eigenvalue weighted by Gasteiger charge is -2.31. The molecule has 2 heterocycles. The highest BCUT2D eigenvalue weighted by atomic mass is 79.9. The third-order valence-electron chi connectivity index (χ3n) is 4.92. The van der Waals surface area contributed by atoms with Crippen LogP contribution < -0.4 is 5.32 Å². The molecule has 2 aromatic heterocycles. The van der Waals surface area contributed by atoms with Crippen LogP contribution in [-0.4, -0.2) is 31.6 Å². The quantitative estimate of drug-likeness (QED) is 0.849. The Hall–Kier alpha value is -1.63. The van der Waals surface area contributed by atoms with Crippen LogP contribution in [-0.2, 0) is 0 Å². The van der Waals surface area contributed by atoms with Crippen molar-refractivity contribution in [1.29, 1.82) is 0 Å². The van der Waals surface area contributed by atoms with Gasteiger partial charge >= 0.3 is 6.09 Å². The monoisotopic (exact) mass is 380 g/mol. The van der Waals surface area contributed by atoms with Gasteiger partial charge in [-0.05, 0) is 61.4 Å². The Bertz CT molecular complexity index is 722. The standard InChI is InChI=1S/C16H21BrN4O2/c1-9(19-16(22)23)11-3-5-12(6-4-11)15-20-14(17)13-10(2)18-7-8-21(13)15/h7-9,11-12,19H,3-6H2,1-2H3,(H,22,23). The SMILES string of the molecule is Cc1nccn2c(C3CCC(C(C)NC(=O)O)CC3)nc(Br)c12. The Kier molecular flexibility index (Phi) is 4.57. The van der Waals surface area contributed by atoms with Crippen LogP contribution >= 0.6 is 15.9 Å². The molecule has 124 valence electrons. The summed E-state index contributed by atoms with van der Waals surface area (Å²) in [5.74, 6) is 1.89. The van der Waals surface area contributed by atoms with Gasteiger partial charge in [0.25, 0.3) is 0 Å². The van der Waals surface area contributed by atoms with E-state index in [2.05, 4.69) is 30.6 Å². The Balaban J connectivity index is 1.76. The molecule has 0 radical (unpaired) electrons. The normalized spacial score (nSPS) is 22.9. The molecule has 1 amide bonds. The van der Waals surface area contributed by atoms with Crippen LogP contribution in [0.3, 0.4) is 0 Å². The lowest BCUT2D eigenvalue weighted by atomic mass is 9.78. The van der Waals surface area contributed by atoms with Crippen LogP contribution in [0.1, 0.15) is 50.0 Å². The van der Waals surface area contributed by atoms with Gasteiger partial charge in [0.15, 0.2) is 0 Å². The zero-order chi connectivity index (χ0) is 16.6. The van der Waals surface area contributed by atoms with Crippen molar-refractivity contribution in [3.05, 3.63) is 28.5 Å². The summed E-state index contributed by atoms with van der Waals surface area (Å²) in [4.78, 5) is 19.8. The van der Waals surface area contributed by atoms with Gasteiger partial charge in [0, 0.05) is 24.4 Å². The summed E-state index contributed by atoms with van der Waals surface area (Å²) in [7, 11) is 0. The Morgan fingerprint density at radius 2 is 2.13 bits per heavy atom. The fraction of sp³-hybridized carbons (Fsp3) is 0.562. The predicted molar refractivity (Wildman–Crippen MR) is 90.7 cm³/mol. The van der Waals surface area contributed by atoms with E-state index in [9.17, 15) is 4.79 Å². The van der Waals surface area contributed by atoms with Crippen molar-refractivity contribution in [1.82, 2.24) is 19.7 Å². The van der Waals surface area contributed by atoms with Crippen LogP contribution in [0.4, 0.5) is 4.79 Å². The van der Waals surface area contributed by atoms with Crippen molar-refractivity contribution in [3.63, 3.8) is 0 Å². The summed E-state index contributed by atoms with van der Waals surface area (Å²) in [6.45, 7) is 3.94. The molecule has 1 atom stereocenters. The molecule has 2 N–H and O–H groups in total. The number of fused-ring (bicyclic) bond motifs is 1. The van der Waals surface area contributed by atoms with E-state index in [-0.39, 0.29) is 6.04 Å². The van der Waals surface area contributed by atoms with Crippen molar-refractivity contribution < 1.29 is 9.90 Å². The molecule has 0 aliphatic heterocycles. The summed E-state index contributed by atoms with van der Waals surface area (Å²) >= 11 is 3.55. The van der Waals surface area contributed by atoms with E-state index in [1.165, 1.54) is 0 Å². The number of nitrogens with one attached hydrogen (secondary N) is 1. The number of nitrogens with zero attached hydrogens (tertiary/aromatic N) is 3. The van der Waals surface area contributed by atoms with E-state index in [4.69, 9.17) is 10.1 Å². The van der Waals surface area contributed by atoms with Crippen LogP contribution in [0.2, 0.25) is 0 Å². The van der Waals surface area contributed by atoms with Crippen LogP contribution in [0.15, 0.2) is 17.0 Å². The van der Waals surface area contributed by atoms with Crippen molar-refractivity contribution in [3.8, 4) is 0 Å². The minimum Gasteiger partial charge on any atom is -0.465 e. The number of hydrogen-bond donors (Lipinski definition) is 2. The van der Waals surface area contributed by atoms with Gasteiger partial charge in [0.1, 0.15) is 15.9 Å². The zero-order valence-corrected chi connectivity index (χ0v) is 14.9. The Labute approximate surface area is 143 Å². The number of aromatic nitrogens is 3. The van der Waals surface area contributed by atoms with Crippen LogP contribution in [0.25, 0.3) is 5.52 Å². The molecule has 3 rings (SSSR count). The fourth-order valence-corrected chi connectivity index (χ4v) is 4.31. The third kappa shape index (κ3) is 3.20. The number of amides is 1. The van der Waals surface area contributed by atoms with E-state index < -0.39 is 6.09 Å². The predicted octanol–water partition coefficient (Wildman–Crippen LogP) is 3.73. The van der Waals surface area contributed by atoms with Crippen LogP contribution in [0, 0.1) is 12.8 Å². The summed E-state index contributed by atoms with van der Waals surface area (Å²) < 4.78 is 2.98. The number of aryl methyl sites for hydroxylation is 1. The molecule has 1 fully saturated rings. The van der Waals surface area contributed by atoms with Gasteiger partial charge in [0.2, 0.25) is 0 Å². The van der Waals surface area contributed by atoms with E-state index in [1.807, 2.05) is 26.2 Å². The van der Waals surface area contributed by atoms with Crippen molar-refractivity contribution in [2.75, 3.05) is 0 Å². The van der Waals surface area contributed by atoms with Gasteiger partial charge in [-0.15, -0.1) is 0 Å². The lowest BCUT2D eigenvalue weighted by Crippen LogP contribution is -2.38. The molecule has 1 unspecified atom stereocenters. The van der Waals surface area contributed by atoms with Gasteiger partial charge in [-0.25, -0.2) is 9.78 Å². The molecule has 1 aliphatic rings.